The third-order valence-electron chi connectivity index (χ3n) is 5.35. The molecule has 28 heavy (non-hydrogen) atoms. The van der Waals surface area contributed by atoms with Gasteiger partial charge in [0.25, 0.3) is 5.91 Å². The van der Waals surface area contributed by atoms with Gasteiger partial charge in [-0.15, -0.1) is 0 Å². The van der Waals surface area contributed by atoms with Gasteiger partial charge in [-0.2, -0.15) is 0 Å². The molecule has 1 aliphatic heterocycles. The van der Waals surface area contributed by atoms with Gasteiger partial charge >= 0.3 is 0 Å². The van der Waals surface area contributed by atoms with Crippen molar-refractivity contribution in [3.8, 4) is 11.1 Å². The zero-order valence-electron chi connectivity index (χ0n) is 16.5. The Balaban J connectivity index is 1.54. The number of benzene rings is 2. The van der Waals surface area contributed by atoms with Gasteiger partial charge in [-0.25, -0.2) is 0 Å². The summed E-state index contributed by atoms with van der Waals surface area (Å²) >= 11 is 0. The highest BCUT2D eigenvalue weighted by molar-refractivity contribution is 6.00. The quantitative estimate of drug-likeness (QED) is 0.726. The molecule has 0 aliphatic carbocycles. The standard InChI is InChI=1S/C23H29N3O2/c1-17-7-4-8-18(15-17)20-10-2-3-11-21(20)23(28)25-12-6-14-26-13-5-9-19(16-26)22(24)27/h2-4,7-8,10-11,15,19H,5-6,9,12-14,16H2,1H3,(H2,24,27)(H,25,28). The summed E-state index contributed by atoms with van der Waals surface area (Å²) in [5.41, 5.74) is 9.30. The molecule has 1 heterocycles. The zero-order valence-corrected chi connectivity index (χ0v) is 16.5. The largest absolute Gasteiger partial charge is 0.369 e. The van der Waals surface area contributed by atoms with Crippen molar-refractivity contribution in [1.29, 1.82) is 0 Å². The van der Waals surface area contributed by atoms with Crippen LogP contribution in [0.4, 0.5) is 0 Å². The van der Waals surface area contributed by atoms with Crippen LogP contribution < -0.4 is 11.1 Å². The second-order valence-electron chi connectivity index (χ2n) is 7.57. The molecule has 3 N–H and O–H groups in total. The molecule has 2 amide bonds. The molecule has 1 saturated heterocycles. The number of rotatable bonds is 7. The number of carbonyl (C=O) groups is 2. The molecule has 0 bridgehead atoms. The molecule has 0 saturated carbocycles. The number of amides is 2. The maximum Gasteiger partial charge on any atom is 0.251 e. The Morgan fingerprint density at radius 2 is 2.00 bits per heavy atom. The molecular weight excluding hydrogens is 350 g/mol. The van der Waals surface area contributed by atoms with Crippen molar-refractivity contribution < 1.29 is 9.59 Å². The summed E-state index contributed by atoms with van der Waals surface area (Å²) < 4.78 is 0. The predicted octanol–water partition coefficient (Wildman–Crippen LogP) is 2.98. The van der Waals surface area contributed by atoms with Crippen molar-refractivity contribution in [2.75, 3.05) is 26.2 Å². The maximum atomic E-state index is 12.7. The minimum atomic E-state index is -0.203. The van der Waals surface area contributed by atoms with Crippen LogP contribution in [0.1, 0.15) is 35.2 Å². The number of hydrogen-bond acceptors (Lipinski definition) is 3. The van der Waals surface area contributed by atoms with Crippen LogP contribution in [0.5, 0.6) is 0 Å². The van der Waals surface area contributed by atoms with E-state index in [0.29, 0.717) is 12.1 Å². The third kappa shape index (κ3) is 5.20. The first kappa shape index (κ1) is 20.1. The van der Waals surface area contributed by atoms with Gasteiger partial charge in [0.15, 0.2) is 0 Å². The van der Waals surface area contributed by atoms with Crippen LogP contribution in [-0.4, -0.2) is 42.9 Å². The molecule has 148 valence electrons. The minimum Gasteiger partial charge on any atom is -0.369 e. The van der Waals surface area contributed by atoms with Crippen molar-refractivity contribution in [3.63, 3.8) is 0 Å². The van der Waals surface area contributed by atoms with E-state index in [1.807, 2.05) is 36.4 Å². The average Bonchev–Trinajstić information content (AvgIpc) is 2.71. The normalized spacial score (nSPS) is 17.2. The second-order valence-corrected chi connectivity index (χ2v) is 7.57. The monoisotopic (exact) mass is 379 g/mol. The van der Waals surface area contributed by atoms with Crippen molar-refractivity contribution in [2.24, 2.45) is 11.7 Å². The maximum absolute atomic E-state index is 12.7. The van der Waals surface area contributed by atoms with Gasteiger partial charge in [0.05, 0.1) is 5.92 Å². The number of primary amides is 1. The van der Waals surface area contributed by atoms with E-state index in [1.54, 1.807) is 0 Å². The van der Waals surface area contributed by atoms with E-state index in [4.69, 9.17) is 5.73 Å². The molecule has 2 aromatic carbocycles. The van der Waals surface area contributed by atoms with Crippen LogP contribution in [0.25, 0.3) is 11.1 Å². The van der Waals surface area contributed by atoms with Gasteiger partial charge in [0.1, 0.15) is 0 Å². The first-order valence-electron chi connectivity index (χ1n) is 10.0. The number of nitrogens with one attached hydrogen (secondary N) is 1. The van der Waals surface area contributed by atoms with E-state index in [-0.39, 0.29) is 17.7 Å². The van der Waals surface area contributed by atoms with Gasteiger partial charge in [0.2, 0.25) is 5.91 Å². The summed E-state index contributed by atoms with van der Waals surface area (Å²) in [7, 11) is 0. The first-order valence-corrected chi connectivity index (χ1v) is 10.0. The topological polar surface area (TPSA) is 75.4 Å². The predicted molar refractivity (Wildman–Crippen MR) is 112 cm³/mol. The van der Waals surface area contributed by atoms with E-state index in [0.717, 1.165) is 50.0 Å². The molecule has 5 heteroatoms. The molecule has 5 nitrogen and oxygen atoms in total. The number of nitrogens with two attached hydrogens (primary N) is 1. The Morgan fingerprint density at radius 1 is 1.18 bits per heavy atom. The lowest BCUT2D eigenvalue weighted by molar-refractivity contribution is -0.123. The van der Waals surface area contributed by atoms with E-state index >= 15 is 0 Å². The Labute approximate surface area is 166 Å². The summed E-state index contributed by atoms with van der Waals surface area (Å²) in [5.74, 6) is -0.291. The van der Waals surface area contributed by atoms with Crippen LogP contribution in [0.2, 0.25) is 0 Å². The molecule has 1 aliphatic rings. The van der Waals surface area contributed by atoms with Crippen molar-refractivity contribution >= 4 is 11.8 Å². The Kier molecular flexibility index (Phi) is 6.82. The molecular formula is C23H29N3O2. The lowest BCUT2D eigenvalue weighted by atomic mass is 9.97. The Morgan fingerprint density at radius 3 is 2.79 bits per heavy atom. The van der Waals surface area contributed by atoms with E-state index < -0.39 is 0 Å². The first-order chi connectivity index (χ1) is 13.5. The van der Waals surface area contributed by atoms with Crippen LogP contribution in [0.15, 0.2) is 48.5 Å². The number of piperidine rings is 1. The minimum absolute atomic E-state index is 0.0375. The van der Waals surface area contributed by atoms with E-state index in [2.05, 4.69) is 29.3 Å². The van der Waals surface area contributed by atoms with Gasteiger partial charge in [0, 0.05) is 18.7 Å². The number of likely N-dealkylation sites (tertiary alicyclic amines) is 1. The molecule has 0 aromatic heterocycles. The molecule has 0 spiro atoms. The van der Waals surface area contributed by atoms with Crippen molar-refractivity contribution in [2.45, 2.75) is 26.2 Å². The SMILES string of the molecule is Cc1cccc(-c2ccccc2C(=O)NCCCN2CCCC(C(N)=O)C2)c1. The second kappa shape index (κ2) is 9.51. The average molecular weight is 380 g/mol. The van der Waals surface area contributed by atoms with E-state index in [9.17, 15) is 9.59 Å². The smallest absolute Gasteiger partial charge is 0.251 e. The fraction of sp³-hybridized carbons (Fsp3) is 0.391. The molecule has 1 fully saturated rings. The number of carbonyl (C=O) groups excluding carboxylic acids is 2. The molecule has 3 rings (SSSR count). The van der Waals surface area contributed by atoms with Crippen LogP contribution >= 0.6 is 0 Å². The summed E-state index contributed by atoms with van der Waals surface area (Å²) in [5, 5.41) is 3.04. The van der Waals surface area contributed by atoms with Gasteiger partial charge in [-0.05, 0) is 56.5 Å². The van der Waals surface area contributed by atoms with Crippen molar-refractivity contribution in [1.82, 2.24) is 10.2 Å². The number of nitrogens with zero attached hydrogens (tertiary/aromatic N) is 1. The highest BCUT2D eigenvalue weighted by atomic mass is 16.2. The fourth-order valence-corrected chi connectivity index (χ4v) is 3.84. The highest BCUT2D eigenvalue weighted by Crippen LogP contribution is 2.24. The Bertz CT molecular complexity index is 834. The lowest BCUT2D eigenvalue weighted by Crippen LogP contribution is -2.42. The van der Waals surface area contributed by atoms with Gasteiger partial charge in [-0.3, -0.25) is 9.59 Å². The molecule has 0 radical (unpaired) electrons. The van der Waals surface area contributed by atoms with E-state index in [1.165, 1.54) is 5.56 Å². The van der Waals surface area contributed by atoms with Gasteiger partial charge < -0.3 is 16.0 Å². The van der Waals surface area contributed by atoms with Crippen LogP contribution in [0.3, 0.4) is 0 Å². The zero-order chi connectivity index (χ0) is 19.9. The lowest BCUT2D eigenvalue weighted by Gasteiger charge is -2.31. The molecule has 1 atom stereocenters. The third-order valence-corrected chi connectivity index (χ3v) is 5.35. The fourth-order valence-electron chi connectivity index (χ4n) is 3.84. The molecule has 1 unspecified atom stereocenters. The van der Waals surface area contributed by atoms with Gasteiger partial charge in [-0.1, -0.05) is 48.0 Å². The summed E-state index contributed by atoms with van der Waals surface area (Å²) in [6, 6.07) is 15.9. The number of aryl methyl sites for hydroxylation is 1. The number of hydrogen-bond donors (Lipinski definition) is 2. The highest BCUT2D eigenvalue weighted by Gasteiger charge is 2.23. The summed E-state index contributed by atoms with van der Waals surface area (Å²) in [6.07, 6.45) is 2.74. The summed E-state index contributed by atoms with van der Waals surface area (Å²) in [6.45, 7) is 5.26. The van der Waals surface area contributed by atoms with Crippen LogP contribution in [-0.2, 0) is 4.79 Å². The van der Waals surface area contributed by atoms with Crippen LogP contribution in [0, 0.1) is 12.8 Å². The summed E-state index contributed by atoms with van der Waals surface area (Å²) in [4.78, 5) is 26.4. The van der Waals surface area contributed by atoms with Crippen molar-refractivity contribution in [3.05, 3.63) is 59.7 Å². The molecule has 2 aromatic rings. The Hall–Kier alpha value is -2.66.